The van der Waals surface area contributed by atoms with Crippen molar-refractivity contribution in [1.29, 1.82) is 0 Å². The number of aromatic nitrogens is 2. The molecule has 0 aliphatic rings. The van der Waals surface area contributed by atoms with E-state index in [0.717, 1.165) is 11.3 Å². The van der Waals surface area contributed by atoms with Gasteiger partial charge in [0, 0.05) is 10.7 Å². The van der Waals surface area contributed by atoms with Crippen molar-refractivity contribution in [3.8, 4) is 5.75 Å². The molecular weight excluding hydrogens is 352 g/mol. The Balaban J connectivity index is 1.73. The summed E-state index contributed by atoms with van der Waals surface area (Å²) in [6.45, 7) is 1.89. The molecule has 6 nitrogen and oxygen atoms in total. The molecule has 0 aliphatic heterocycles. The molecule has 0 unspecified atom stereocenters. The standard InChI is InChI=1S/C19H17ClN4O2/c1-12-7-8-13(20)9-15(12)24-19(25)16-10-22-18(11-21-16)23-14-5-3-4-6-17(14)26-2/h3-11H,1-2H3,(H,22,23)(H,24,25). The van der Waals surface area contributed by atoms with E-state index in [4.69, 9.17) is 16.3 Å². The van der Waals surface area contributed by atoms with Gasteiger partial charge in [-0.3, -0.25) is 4.79 Å². The molecule has 7 heteroatoms. The predicted molar refractivity (Wildman–Crippen MR) is 102 cm³/mol. The average Bonchev–Trinajstić information content (AvgIpc) is 2.65. The molecule has 3 aromatic rings. The maximum atomic E-state index is 12.4. The second-order valence-corrected chi connectivity index (χ2v) is 5.96. The molecule has 2 aromatic carbocycles. The monoisotopic (exact) mass is 368 g/mol. The summed E-state index contributed by atoms with van der Waals surface area (Å²) in [7, 11) is 1.59. The number of aryl methyl sites for hydroxylation is 1. The second-order valence-electron chi connectivity index (χ2n) is 5.53. The number of benzene rings is 2. The molecule has 0 spiro atoms. The van der Waals surface area contributed by atoms with Gasteiger partial charge in [0.25, 0.3) is 5.91 Å². The van der Waals surface area contributed by atoms with Crippen LogP contribution in [0.15, 0.2) is 54.9 Å². The Bertz CT molecular complexity index is 929. The molecule has 0 bridgehead atoms. The Morgan fingerprint density at radius 1 is 1.08 bits per heavy atom. The number of halogens is 1. The van der Waals surface area contributed by atoms with Crippen LogP contribution in [0.4, 0.5) is 17.2 Å². The number of methoxy groups -OCH3 is 1. The van der Waals surface area contributed by atoms with E-state index in [9.17, 15) is 4.79 Å². The van der Waals surface area contributed by atoms with Crippen LogP contribution in [-0.2, 0) is 0 Å². The van der Waals surface area contributed by atoms with Crippen LogP contribution in [0.5, 0.6) is 5.75 Å². The third-order valence-corrected chi connectivity index (χ3v) is 3.94. The Morgan fingerprint density at radius 2 is 1.88 bits per heavy atom. The van der Waals surface area contributed by atoms with Crippen molar-refractivity contribution >= 4 is 34.7 Å². The fourth-order valence-electron chi connectivity index (χ4n) is 2.31. The van der Waals surface area contributed by atoms with Crippen LogP contribution in [0.3, 0.4) is 0 Å². The first-order valence-electron chi connectivity index (χ1n) is 7.86. The highest BCUT2D eigenvalue weighted by molar-refractivity contribution is 6.31. The van der Waals surface area contributed by atoms with E-state index in [1.54, 1.807) is 19.2 Å². The van der Waals surface area contributed by atoms with Gasteiger partial charge in [-0.2, -0.15) is 0 Å². The number of amides is 1. The van der Waals surface area contributed by atoms with Crippen molar-refractivity contribution < 1.29 is 9.53 Å². The van der Waals surface area contributed by atoms with Crippen molar-refractivity contribution in [2.24, 2.45) is 0 Å². The zero-order valence-corrected chi connectivity index (χ0v) is 15.0. The number of nitrogens with zero attached hydrogens (tertiary/aromatic N) is 2. The molecule has 0 radical (unpaired) electrons. The van der Waals surface area contributed by atoms with Crippen molar-refractivity contribution in [2.75, 3.05) is 17.7 Å². The van der Waals surface area contributed by atoms with Gasteiger partial charge in [-0.1, -0.05) is 29.8 Å². The highest BCUT2D eigenvalue weighted by Gasteiger charge is 2.11. The van der Waals surface area contributed by atoms with E-state index in [0.29, 0.717) is 22.3 Å². The predicted octanol–water partition coefficient (Wildman–Crippen LogP) is 4.44. The molecule has 0 aliphatic carbocycles. The largest absolute Gasteiger partial charge is 0.495 e. The first-order chi connectivity index (χ1) is 12.6. The number of anilines is 3. The SMILES string of the molecule is COc1ccccc1Nc1cnc(C(=O)Nc2cc(Cl)ccc2C)cn1. The normalized spacial score (nSPS) is 10.3. The third-order valence-electron chi connectivity index (χ3n) is 3.70. The molecule has 0 saturated carbocycles. The smallest absolute Gasteiger partial charge is 0.275 e. The Morgan fingerprint density at radius 3 is 2.62 bits per heavy atom. The topological polar surface area (TPSA) is 76.1 Å². The molecule has 0 saturated heterocycles. The fourth-order valence-corrected chi connectivity index (χ4v) is 2.48. The van der Waals surface area contributed by atoms with Gasteiger partial charge in [0.2, 0.25) is 0 Å². The Labute approximate surface area is 156 Å². The van der Waals surface area contributed by atoms with Crippen LogP contribution >= 0.6 is 11.6 Å². The number of nitrogens with one attached hydrogen (secondary N) is 2. The van der Waals surface area contributed by atoms with Crippen LogP contribution in [-0.4, -0.2) is 23.0 Å². The van der Waals surface area contributed by atoms with Crippen LogP contribution in [0.25, 0.3) is 0 Å². The van der Waals surface area contributed by atoms with Crippen molar-refractivity contribution in [3.63, 3.8) is 0 Å². The van der Waals surface area contributed by atoms with Crippen molar-refractivity contribution in [1.82, 2.24) is 9.97 Å². The lowest BCUT2D eigenvalue weighted by atomic mass is 10.2. The minimum atomic E-state index is -0.355. The molecule has 0 atom stereocenters. The summed E-state index contributed by atoms with van der Waals surface area (Å²) in [6.07, 6.45) is 2.90. The van der Waals surface area contributed by atoms with Crippen LogP contribution < -0.4 is 15.4 Å². The molecule has 3 rings (SSSR count). The quantitative estimate of drug-likeness (QED) is 0.696. The summed E-state index contributed by atoms with van der Waals surface area (Å²) in [5, 5.41) is 6.45. The number of carbonyl (C=O) groups excluding carboxylic acids is 1. The van der Waals surface area contributed by atoms with E-state index in [2.05, 4.69) is 20.6 Å². The average molecular weight is 369 g/mol. The number of ether oxygens (including phenoxy) is 1. The summed E-state index contributed by atoms with van der Waals surface area (Å²) in [5.41, 5.74) is 2.51. The van der Waals surface area contributed by atoms with Gasteiger partial charge in [0.1, 0.15) is 17.3 Å². The fraction of sp³-hybridized carbons (Fsp3) is 0.105. The van der Waals surface area contributed by atoms with Crippen molar-refractivity contribution in [2.45, 2.75) is 6.92 Å². The minimum Gasteiger partial charge on any atom is -0.495 e. The van der Waals surface area contributed by atoms with Gasteiger partial charge < -0.3 is 15.4 Å². The minimum absolute atomic E-state index is 0.204. The molecule has 0 fully saturated rings. The number of rotatable bonds is 5. The van der Waals surface area contributed by atoms with Crippen LogP contribution in [0.1, 0.15) is 16.1 Å². The summed E-state index contributed by atoms with van der Waals surface area (Å²) in [5.74, 6) is 0.837. The zero-order chi connectivity index (χ0) is 18.5. The third kappa shape index (κ3) is 4.10. The van der Waals surface area contributed by atoms with Crippen LogP contribution in [0.2, 0.25) is 5.02 Å². The van der Waals surface area contributed by atoms with Gasteiger partial charge >= 0.3 is 0 Å². The van der Waals surface area contributed by atoms with Crippen LogP contribution in [0, 0.1) is 6.92 Å². The number of carbonyl (C=O) groups is 1. The molecule has 26 heavy (non-hydrogen) atoms. The summed E-state index contributed by atoms with van der Waals surface area (Å²) in [6, 6.07) is 12.8. The van der Waals surface area contributed by atoms with E-state index in [-0.39, 0.29) is 11.6 Å². The van der Waals surface area contributed by atoms with Gasteiger partial charge in [-0.15, -0.1) is 0 Å². The van der Waals surface area contributed by atoms with Gasteiger partial charge in [0.05, 0.1) is 25.2 Å². The highest BCUT2D eigenvalue weighted by atomic mass is 35.5. The van der Waals surface area contributed by atoms with E-state index >= 15 is 0 Å². The van der Waals surface area contributed by atoms with Gasteiger partial charge in [-0.25, -0.2) is 9.97 Å². The zero-order valence-electron chi connectivity index (χ0n) is 14.3. The molecule has 1 aromatic heterocycles. The molecule has 1 amide bonds. The summed E-state index contributed by atoms with van der Waals surface area (Å²) in [4.78, 5) is 20.8. The van der Waals surface area contributed by atoms with E-state index < -0.39 is 0 Å². The first kappa shape index (κ1) is 17.7. The maximum Gasteiger partial charge on any atom is 0.275 e. The second kappa shape index (κ2) is 7.84. The first-order valence-corrected chi connectivity index (χ1v) is 8.24. The lowest BCUT2D eigenvalue weighted by Crippen LogP contribution is -2.15. The van der Waals surface area contributed by atoms with Crippen molar-refractivity contribution in [3.05, 3.63) is 71.1 Å². The van der Waals surface area contributed by atoms with E-state index in [1.807, 2.05) is 37.3 Å². The maximum absolute atomic E-state index is 12.4. The molecular formula is C19H17ClN4O2. The Kier molecular flexibility index (Phi) is 5.34. The molecule has 2 N–H and O–H groups in total. The van der Waals surface area contributed by atoms with Gasteiger partial charge in [-0.05, 0) is 36.8 Å². The number of para-hydroxylation sites is 2. The number of hydrogen-bond acceptors (Lipinski definition) is 5. The lowest BCUT2D eigenvalue weighted by molar-refractivity contribution is 0.102. The molecule has 132 valence electrons. The molecule has 1 heterocycles. The number of hydrogen-bond donors (Lipinski definition) is 2. The van der Waals surface area contributed by atoms with Gasteiger partial charge in [0.15, 0.2) is 0 Å². The summed E-state index contributed by atoms with van der Waals surface area (Å²) >= 11 is 5.97. The lowest BCUT2D eigenvalue weighted by Gasteiger charge is -2.11. The summed E-state index contributed by atoms with van der Waals surface area (Å²) < 4.78 is 5.28. The van der Waals surface area contributed by atoms with E-state index in [1.165, 1.54) is 12.4 Å². The Hall–Kier alpha value is -3.12. The highest BCUT2D eigenvalue weighted by Crippen LogP contribution is 2.26.